The predicted molar refractivity (Wildman–Crippen MR) is 68.6 cm³/mol. The van der Waals surface area contributed by atoms with Crippen LogP contribution in [-0.4, -0.2) is 10.5 Å². The highest BCUT2D eigenvalue weighted by Gasteiger charge is 2.36. The Hall–Kier alpha value is -1.36. The Bertz CT molecular complexity index is 484. The van der Waals surface area contributed by atoms with Crippen LogP contribution in [0.1, 0.15) is 32.6 Å². The molecule has 1 aromatic rings. The maximum Gasteiger partial charge on any atom is 0.295 e. The quantitative estimate of drug-likeness (QED) is 0.662. The van der Waals surface area contributed by atoms with E-state index in [0.29, 0.717) is 5.69 Å². The number of nitrogens with one attached hydrogen (secondary N) is 1. The van der Waals surface area contributed by atoms with E-state index in [-0.39, 0.29) is 16.2 Å². The van der Waals surface area contributed by atoms with E-state index < -0.39 is 10.7 Å². The molecule has 98 valence electrons. The van der Waals surface area contributed by atoms with Crippen molar-refractivity contribution in [1.29, 1.82) is 0 Å². The average Bonchev–Trinajstić information content (AvgIpc) is 2.27. The van der Waals surface area contributed by atoms with Crippen molar-refractivity contribution >= 4 is 23.0 Å². The first-order valence-electron chi connectivity index (χ1n) is 5.89. The number of nitro benzene ring substituents is 1. The van der Waals surface area contributed by atoms with Crippen molar-refractivity contribution in [3.05, 3.63) is 33.1 Å². The Kier molecular flexibility index (Phi) is 3.43. The number of benzene rings is 1. The second kappa shape index (κ2) is 4.72. The topological polar surface area (TPSA) is 55.2 Å². The van der Waals surface area contributed by atoms with E-state index in [2.05, 4.69) is 5.32 Å². The monoisotopic (exact) mass is 272 g/mol. The molecule has 0 heterocycles. The van der Waals surface area contributed by atoms with E-state index in [1.807, 2.05) is 6.92 Å². The van der Waals surface area contributed by atoms with Crippen LogP contribution in [-0.2, 0) is 0 Å². The van der Waals surface area contributed by atoms with E-state index in [1.165, 1.54) is 6.07 Å². The zero-order chi connectivity index (χ0) is 13.3. The summed E-state index contributed by atoms with van der Waals surface area (Å²) in [6.45, 7) is 2.03. The number of rotatable bonds is 4. The molecule has 6 heteroatoms. The average molecular weight is 273 g/mol. The number of nitro groups is 1. The molecule has 0 spiro atoms. The highest BCUT2D eigenvalue weighted by molar-refractivity contribution is 6.31. The summed E-state index contributed by atoms with van der Waals surface area (Å²) in [6.07, 6.45) is 3.91. The lowest BCUT2D eigenvalue weighted by Gasteiger charge is -2.42. The maximum atomic E-state index is 13.3. The van der Waals surface area contributed by atoms with Gasteiger partial charge in [-0.15, -0.1) is 0 Å². The molecular formula is C12H14ClFN2O2. The van der Waals surface area contributed by atoms with Gasteiger partial charge in [-0.05, 0) is 31.7 Å². The van der Waals surface area contributed by atoms with Crippen LogP contribution in [0.5, 0.6) is 0 Å². The molecule has 0 radical (unpaired) electrons. The zero-order valence-electron chi connectivity index (χ0n) is 10.0. The van der Waals surface area contributed by atoms with Crippen LogP contribution in [0.3, 0.4) is 0 Å². The number of nitrogens with zero attached hydrogens (tertiary/aromatic N) is 1. The summed E-state index contributed by atoms with van der Waals surface area (Å²) in [4.78, 5) is 10.3. The standard InChI is InChI=1S/C12H14ClFN2O2/c1-2-12(4-3-5-12)15-10-6-8(13)9(14)7-11(10)16(17)18/h6-7,15H,2-5H2,1H3. The molecule has 1 aromatic carbocycles. The van der Waals surface area contributed by atoms with Crippen molar-refractivity contribution in [2.24, 2.45) is 0 Å². The second-order valence-electron chi connectivity index (χ2n) is 4.65. The highest BCUT2D eigenvalue weighted by atomic mass is 35.5. The Morgan fingerprint density at radius 3 is 2.67 bits per heavy atom. The summed E-state index contributed by atoms with van der Waals surface area (Å²) in [5.41, 5.74) is -0.0732. The van der Waals surface area contributed by atoms with Gasteiger partial charge in [-0.3, -0.25) is 10.1 Å². The van der Waals surface area contributed by atoms with Gasteiger partial charge in [0.15, 0.2) is 0 Å². The minimum atomic E-state index is -0.770. The molecule has 0 aromatic heterocycles. The molecule has 0 aliphatic heterocycles. The van der Waals surface area contributed by atoms with Gasteiger partial charge in [0.25, 0.3) is 5.69 Å². The minimum Gasteiger partial charge on any atom is -0.374 e. The van der Waals surface area contributed by atoms with Crippen LogP contribution >= 0.6 is 11.6 Å². The van der Waals surface area contributed by atoms with Crippen molar-refractivity contribution in [3.63, 3.8) is 0 Å². The van der Waals surface area contributed by atoms with E-state index in [9.17, 15) is 14.5 Å². The van der Waals surface area contributed by atoms with Crippen LogP contribution in [0.2, 0.25) is 5.02 Å². The number of anilines is 1. The summed E-state index contributed by atoms with van der Waals surface area (Å²) >= 11 is 5.69. The molecule has 1 N–H and O–H groups in total. The lowest BCUT2D eigenvalue weighted by Crippen LogP contribution is -2.44. The van der Waals surface area contributed by atoms with Crippen molar-refractivity contribution < 1.29 is 9.31 Å². The van der Waals surface area contributed by atoms with Crippen LogP contribution < -0.4 is 5.32 Å². The molecule has 0 unspecified atom stereocenters. The molecule has 1 aliphatic carbocycles. The first-order chi connectivity index (χ1) is 8.47. The summed E-state index contributed by atoms with van der Waals surface area (Å²) < 4.78 is 13.3. The molecule has 18 heavy (non-hydrogen) atoms. The van der Waals surface area contributed by atoms with Crippen LogP contribution in [0.15, 0.2) is 12.1 Å². The van der Waals surface area contributed by atoms with Crippen molar-refractivity contribution in [3.8, 4) is 0 Å². The van der Waals surface area contributed by atoms with Crippen LogP contribution in [0.25, 0.3) is 0 Å². The minimum absolute atomic E-state index is 0.103. The first kappa shape index (κ1) is 13.1. The Balaban J connectivity index is 2.36. The molecule has 1 aliphatic rings. The zero-order valence-corrected chi connectivity index (χ0v) is 10.8. The molecule has 0 amide bonds. The molecule has 1 fully saturated rings. The third-order valence-electron chi connectivity index (χ3n) is 3.62. The van der Waals surface area contributed by atoms with Gasteiger partial charge in [0, 0.05) is 5.54 Å². The molecule has 0 saturated heterocycles. The van der Waals surface area contributed by atoms with Gasteiger partial charge < -0.3 is 5.32 Å². The number of halogens is 2. The molecule has 1 saturated carbocycles. The van der Waals surface area contributed by atoms with Gasteiger partial charge in [-0.25, -0.2) is 4.39 Å². The van der Waals surface area contributed by atoms with Crippen molar-refractivity contribution in [2.45, 2.75) is 38.1 Å². The van der Waals surface area contributed by atoms with Gasteiger partial charge in [0.05, 0.1) is 16.0 Å². The Morgan fingerprint density at radius 2 is 2.22 bits per heavy atom. The van der Waals surface area contributed by atoms with Crippen molar-refractivity contribution in [2.75, 3.05) is 5.32 Å². The first-order valence-corrected chi connectivity index (χ1v) is 6.27. The summed E-state index contributed by atoms with van der Waals surface area (Å²) in [6, 6.07) is 2.16. The lowest BCUT2D eigenvalue weighted by atomic mass is 9.74. The number of hydrogen-bond donors (Lipinski definition) is 1. The van der Waals surface area contributed by atoms with Gasteiger partial charge in [-0.2, -0.15) is 0 Å². The fourth-order valence-electron chi connectivity index (χ4n) is 2.24. The van der Waals surface area contributed by atoms with Crippen molar-refractivity contribution in [1.82, 2.24) is 0 Å². The van der Waals surface area contributed by atoms with E-state index in [0.717, 1.165) is 31.7 Å². The van der Waals surface area contributed by atoms with E-state index in [4.69, 9.17) is 11.6 Å². The fourth-order valence-corrected chi connectivity index (χ4v) is 2.41. The molecule has 4 nitrogen and oxygen atoms in total. The van der Waals surface area contributed by atoms with Gasteiger partial charge >= 0.3 is 0 Å². The van der Waals surface area contributed by atoms with Crippen LogP contribution in [0.4, 0.5) is 15.8 Å². The third kappa shape index (κ3) is 2.27. The highest BCUT2D eigenvalue weighted by Crippen LogP contribution is 2.41. The largest absolute Gasteiger partial charge is 0.374 e. The summed E-state index contributed by atoms with van der Waals surface area (Å²) in [5.74, 6) is -0.770. The molecule has 0 bridgehead atoms. The van der Waals surface area contributed by atoms with Gasteiger partial charge in [0.2, 0.25) is 0 Å². The molecule has 2 rings (SSSR count). The smallest absolute Gasteiger partial charge is 0.295 e. The molecular weight excluding hydrogens is 259 g/mol. The Labute approximate surface area is 109 Å². The van der Waals surface area contributed by atoms with E-state index >= 15 is 0 Å². The van der Waals surface area contributed by atoms with Gasteiger partial charge in [-0.1, -0.05) is 18.5 Å². The lowest BCUT2D eigenvalue weighted by molar-refractivity contribution is -0.384. The number of hydrogen-bond acceptors (Lipinski definition) is 3. The SMILES string of the molecule is CCC1(Nc2cc(Cl)c(F)cc2[N+](=O)[O-])CCC1. The molecule has 0 atom stereocenters. The normalized spacial score (nSPS) is 17.1. The predicted octanol–water partition coefficient (Wildman–Crippen LogP) is 4.13. The fraction of sp³-hybridized carbons (Fsp3) is 0.500. The second-order valence-corrected chi connectivity index (χ2v) is 5.06. The third-order valence-corrected chi connectivity index (χ3v) is 3.91. The summed E-state index contributed by atoms with van der Waals surface area (Å²) in [7, 11) is 0. The maximum absolute atomic E-state index is 13.3. The summed E-state index contributed by atoms with van der Waals surface area (Å²) in [5, 5.41) is 14.0. The van der Waals surface area contributed by atoms with Gasteiger partial charge in [0.1, 0.15) is 11.5 Å². The van der Waals surface area contributed by atoms with Crippen LogP contribution in [0, 0.1) is 15.9 Å². The van der Waals surface area contributed by atoms with E-state index in [1.54, 1.807) is 0 Å². The Morgan fingerprint density at radius 1 is 1.56 bits per heavy atom.